The highest BCUT2D eigenvalue weighted by molar-refractivity contribution is 6.00. The van der Waals surface area contributed by atoms with Gasteiger partial charge in [0.15, 0.2) is 0 Å². The number of methoxy groups -OCH3 is 1. The van der Waals surface area contributed by atoms with Gasteiger partial charge < -0.3 is 4.74 Å². The predicted molar refractivity (Wildman–Crippen MR) is 83.1 cm³/mol. The first-order chi connectivity index (χ1) is 9.84. The van der Waals surface area contributed by atoms with Crippen LogP contribution in [0.25, 0.3) is 17.0 Å². The molecule has 2 rings (SSSR count). The maximum atomic E-state index is 12.5. The lowest BCUT2D eigenvalue weighted by atomic mass is 9.95. The summed E-state index contributed by atoms with van der Waals surface area (Å²) in [6.45, 7) is 5.65. The van der Waals surface area contributed by atoms with Crippen molar-refractivity contribution in [1.29, 1.82) is 0 Å². The number of carbonyl (C=O) groups excluding carboxylic acids is 2. The molecule has 0 spiro atoms. The molecule has 110 valence electrons. The maximum Gasteiger partial charge on any atom is 0.330 e. The second-order valence-electron chi connectivity index (χ2n) is 5.88. The van der Waals surface area contributed by atoms with Crippen LogP contribution in [0.3, 0.4) is 0 Å². The average Bonchev–Trinajstić information content (AvgIpc) is 2.87. The largest absolute Gasteiger partial charge is 0.466 e. The molecule has 0 N–H and O–H groups in total. The third-order valence-electron chi connectivity index (χ3n) is 3.20. The fraction of sp³-hybridized carbons (Fsp3) is 0.294. The van der Waals surface area contributed by atoms with Crippen molar-refractivity contribution >= 4 is 28.9 Å². The van der Waals surface area contributed by atoms with Gasteiger partial charge in [-0.15, -0.1) is 0 Å². The average molecular weight is 285 g/mol. The van der Waals surface area contributed by atoms with Gasteiger partial charge in [0.25, 0.3) is 0 Å². The fourth-order valence-electron chi connectivity index (χ4n) is 2.11. The van der Waals surface area contributed by atoms with E-state index in [1.54, 1.807) is 16.8 Å². The Morgan fingerprint density at radius 2 is 1.90 bits per heavy atom. The minimum absolute atomic E-state index is 0.0106. The smallest absolute Gasteiger partial charge is 0.330 e. The van der Waals surface area contributed by atoms with Crippen LogP contribution in [-0.4, -0.2) is 23.6 Å². The number of rotatable bonds is 2. The third-order valence-corrected chi connectivity index (χ3v) is 3.20. The summed E-state index contributed by atoms with van der Waals surface area (Å²) in [4.78, 5) is 23.8. The number of carbonyl (C=O) groups is 2. The highest BCUT2D eigenvalue weighted by atomic mass is 16.5. The topological polar surface area (TPSA) is 48.3 Å². The van der Waals surface area contributed by atoms with Crippen LogP contribution >= 0.6 is 0 Å². The van der Waals surface area contributed by atoms with Gasteiger partial charge in [-0.3, -0.25) is 9.36 Å². The second kappa shape index (κ2) is 5.56. The lowest BCUT2D eigenvalue weighted by molar-refractivity contribution is -0.134. The van der Waals surface area contributed by atoms with Gasteiger partial charge in [-0.25, -0.2) is 4.79 Å². The Hall–Kier alpha value is -2.36. The number of nitrogens with zero attached hydrogens (tertiary/aromatic N) is 1. The van der Waals surface area contributed by atoms with E-state index in [9.17, 15) is 9.59 Å². The van der Waals surface area contributed by atoms with E-state index in [1.165, 1.54) is 13.2 Å². The zero-order chi connectivity index (χ0) is 15.6. The molecule has 0 saturated heterocycles. The normalized spacial score (nSPS) is 12.0. The van der Waals surface area contributed by atoms with Gasteiger partial charge in [0.2, 0.25) is 5.91 Å². The molecule has 0 aliphatic heterocycles. The summed E-state index contributed by atoms with van der Waals surface area (Å²) < 4.78 is 6.24. The highest BCUT2D eigenvalue weighted by Gasteiger charge is 2.24. The molecule has 0 aliphatic carbocycles. The van der Waals surface area contributed by atoms with Crippen LogP contribution in [-0.2, 0) is 9.53 Å². The fourth-order valence-corrected chi connectivity index (χ4v) is 2.11. The van der Waals surface area contributed by atoms with E-state index in [1.807, 2.05) is 45.0 Å². The summed E-state index contributed by atoms with van der Waals surface area (Å²) in [6.07, 6.45) is 4.79. The summed E-state index contributed by atoms with van der Waals surface area (Å²) in [5.74, 6) is -0.413. The van der Waals surface area contributed by atoms with Crippen molar-refractivity contribution in [3.05, 3.63) is 42.1 Å². The Kier molecular flexibility index (Phi) is 3.98. The molecular formula is C17H19NO3. The van der Waals surface area contributed by atoms with Crippen molar-refractivity contribution in [1.82, 2.24) is 4.57 Å². The van der Waals surface area contributed by atoms with Crippen molar-refractivity contribution in [2.24, 2.45) is 5.41 Å². The third kappa shape index (κ3) is 3.05. The number of ether oxygens (including phenoxy) is 1. The van der Waals surface area contributed by atoms with E-state index in [-0.39, 0.29) is 5.91 Å². The number of para-hydroxylation sites is 1. The standard InChI is InChI=1S/C17H19NO3/c1-17(2,3)16(20)18-11-10-13-7-5-6-12(15(13)18)8-9-14(19)21-4/h5-11H,1-4H3/b9-8+. The van der Waals surface area contributed by atoms with Crippen LogP contribution in [0.4, 0.5) is 0 Å². The number of fused-ring (bicyclic) bond motifs is 1. The van der Waals surface area contributed by atoms with E-state index in [2.05, 4.69) is 4.74 Å². The Morgan fingerprint density at radius 1 is 1.19 bits per heavy atom. The maximum absolute atomic E-state index is 12.5. The molecule has 0 bridgehead atoms. The Labute approximate surface area is 124 Å². The van der Waals surface area contributed by atoms with E-state index < -0.39 is 11.4 Å². The molecule has 0 radical (unpaired) electrons. The van der Waals surface area contributed by atoms with Crippen molar-refractivity contribution in [3.8, 4) is 0 Å². The molecule has 1 heterocycles. The van der Waals surface area contributed by atoms with Gasteiger partial charge in [0.05, 0.1) is 12.6 Å². The van der Waals surface area contributed by atoms with Crippen molar-refractivity contribution in [2.75, 3.05) is 7.11 Å². The molecule has 0 saturated carbocycles. The summed E-state index contributed by atoms with van der Waals surface area (Å²) in [7, 11) is 1.33. The van der Waals surface area contributed by atoms with Gasteiger partial charge in [-0.05, 0) is 17.7 Å². The molecule has 0 aliphatic rings. The zero-order valence-electron chi connectivity index (χ0n) is 12.7. The van der Waals surface area contributed by atoms with E-state index in [0.717, 1.165) is 16.5 Å². The van der Waals surface area contributed by atoms with Crippen LogP contribution < -0.4 is 0 Å². The van der Waals surface area contributed by atoms with E-state index in [0.29, 0.717) is 0 Å². The van der Waals surface area contributed by atoms with Crippen molar-refractivity contribution in [2.45, 2.75) is 20.8 Å². The van der Waals surface area contributed by atoms with Gasteiger partial charge in [0.1, 0.15) is 0 Å². The summed E-state index contributed by atoms with van der Waals surface area (Å²) in [5.41, 5.74) is 1.13. The van der Waals surface area contributed by atoms with Gasteiger partial charge >= 0.3 is 5.97 Å². The van der Waals surface area contributed by atoms with Gasteiger partial charge in [-0.1, -0.05) is 39.0 Å². The van der Waals surface area contributed by atoms with Crippen molar-refractivity contribution in [3.63, 3.8) is 0 Å². The van der Waals surface area contributed by atoms with Crippen LogP contribution in [0.5, 0.6) is 0 Å². The summed E-state index contributed by atoms with van der Waals surface area (Å²) in [6, 6.07) is 7.60. The summed E-state index contributed by atoms with van der Waals surface area (Å²) in [5, 5.41) is 0.958. The molecule has 0 fully saturated rings. The molecular weight excluding hydrogens is 266 g/mol. The quantitative estimate of drug-likeness (QED) is 0.626. The Morgan fingerprint density at radius 3 is 2.52 bits per heavy atom. The monoisotopic (exact) mass is 285 g/mol. The zero-order valence-corrected chi connectivity index (χ0v) is 12.7. The van der Waals surface area contributed by atoms with E-state index >= 15 is 0 Å². The number of esters is 1. The van der Waals surface area contributed by atoms with Gasteiger partial charge in [0, 0.05) is 23.1 Å². The number of benzene rings is 1. The molecule has 4 heteroatoms. The number of aromatic nitrogens is 1. The van der Waals surface area contributed by atoms with Crippen LogP contribution in [0.2, 0.25) is 0 Å². The predicted octanol–water partition coefficient (Wildman–Crippen LogP) is 3.51. The number of hydrogen-bond donors (Lipinski definition) is 0. The molecule has 1 aromatic carbocycles. The first-order valence-electron chi connectivity index (χ1n) is 6.75. The highest BCUT2D eigenvalue weighted by Crippen LogP contribution is 2.25. The van der Waals surface area contributed by atoms with Gasteiger partial charge in [-0.2, -0.15) is 0 Å². The lowest BCUT2D eigenvalue weighted by Gasteiger charge is -2.18. The Balaban J connectivity index is 2.58. The first-order valence-corrected chi connectivity index (χ1v) is 6.75. The molecule has 0 amide bonds. The lowest BCUT2D eigenvalue weighted by Crippen LogP contribution is -2.26. The summed E-state index contributed by atoms with van der Waals surface area (Å²) >= 11 is 0. The van der Waals surface area contributed by atoms with E-state index in [4.69, 9.17) is 0 Å². The van der Waals surface area contributed by atoms with Crippen LogP contribution in [0, 0.1) is 5.41 Å². The molecule has 1 aromatic heterocycles. The molecule has 0 unspecified atom stereocenters. The molecule has 21 heavy (non-hydrogen) atoms. The van der Waals surface area contributed by atoms with Crippen LogP contribution in [0.15, 0.2) is 36.5 Å². The number of hydrogen-bond acceptors (Lipinski definition) is 3. The first kappa shape index (κ1) is 15.0. The molecule has 2 aromatic rings. The van der Waals surface area contributed by atoms with Crippen LogP contribution in [0.1, 0.15) is 31.1 Å². The SMILES string of the molecule is COC(=O)/C=C/c1cccc2ccn(C(=O)C(C)(C)C)c12. The minimum Gasteiger partial charge on any atom is -0.466 e. The Bertz CT molecular complexity index is 717. The van der Waals surface area contributed by atoms with Crippen molar-refractivity contribution < 1.29 is 14.3 Å². The second-order valence-corrected chi connectivity index (χ2v) is 5.88. The molecule has 4 nitrogen and oxygen atoms in total. The minimum atomic E-state index is -0.481. The molecule has 0 atom stereocenters.